The third kappa shape index (κ3) is 4.09. The summed E-state index contributed by atoms with van der Waals surface area (Å²) in [5.74, 6) is 0.849. The predicted octanol–water partition coefficient (Wildman–Crippen LogP) is 4.74. The highest BCUT2D eigenvalue weighted by atomic mass is 35.5. The number of nitrogens with zero attached hydrogens (tertiary/aromatic N) is 5. The monoisotopic (exact) mass is 508 g/mol. The number of pyridine rings is 1. The average Bonchev–Trinajstić information content (AvgIpc) is 3.17. The summed E-state index contributed by atoms with van der Waals surface area (Å²) in [6, 6.07) is 6.92. The molecule has 3 heterocycles. The van der Waals surface area contributed by atoms with Crippen LogP contribution in [-0.4, -0.2) is 36.0 Å². The van der Waals surface area contributed by atoms with Crippen molar-refractivity contribution in [2.45, 2.75) is 39.0 Å². The zero-order valence-corrected chi connectivity index (χ0v) is 20.0. The molecule has 1 aliphatic rings. The molecule has 0 atom stereocenters. The van der Waals surface area contributed by atoms with Gasteiger partial charge in [0.05, 0.1) is 11.3 Å². The van der Waals surface area contributed by atoms with Gasteiger partial charge < -0.3 is 10.6 Å². The number of halogens is 4. The summed E-state index contributed by atoms with van der Waals surface area (Å²) in [6.45, 7) is 5.37. The topological polar surface area (TPSA) is 80.3 Å². The van der Waals surface area contributed by atoms with E-state index in [1.807, 2.05) is 6.07 Å². The minimum Gasteiger partial charge on any atom is -0.398 e. The molecule has 1 saturated heterocycles. The molecule has 1 amide bonds. The van der Waals surface area contributed by atoms with Crippen LogP contribution in [0.3, 0.4) is 0 Å². The number of aromatic nitrogens is 3. The van der Waals surface area contributed by atoms with Crippen LogP contribution in [0.25, 0.3) is 5.82 Å². The second kappa shape index (κ2) is 8.24. The molecule has 0 bridgehead atoms. The first-order valence-electron chi connectivity index (χ1n) is 10.1. The van der Waals surface area contributed by atoms with E-state index in [2.05, 4.69) is 9.97 Å². The standard InChI is InChI=1S/C22H20ClF3N6OS/c1-12-29-17(23)11-30(12)18-7-4-13(9-28-18)10-31-20(34)32(19(33)21(31,2)3)14-5-6-16(27)15(8-14)22(24,25)26/h4-9,11H,10,27H2,1-3H3. The SMILES string of the molecule is Cc1nc(Cl)cn1-c1ccc(CN2C(=S)N(c3ccc(N)c(C(F)(F)F)c3)C(=O)C2(C)C)cn1. The molecule has 178 valence electrons. The van der Waals surface area contributed by atoms with Crippen LogP contribution in [0.1, 0.15) is 30.8 Å². The maximum Gasteiger partial charge on any atom is 0.418 e. The number of hydrogen-bond acceptors (Lipinski definition) is 5. The smallest absolute Gasteiger partial charge is 0.398 e. The number of nitrogen functional groups attached to an aromatic ring is 1. The maximum atomic E-state index is 13.4. The molecule has 2 aromatic heterocycles. The molecule has 3 aromatic rings. The van der Waals surface area contributed by atoms with Crippen LogP contribution in [0, 0.1) is 6.92 Å². The molecule has 1 aliphatic heterocycles. The van der Waals surface area contributed by atoms with Gasteiger partial charge in [-0.25, -0.2) is 9.97 Å². The van der Waals surface area contributed by atoms with Crippen molar-refractivity contribution >= 4 is 46.2 Å². The lowest BCUT2D eigenvalue weighted by Crippen LogP contribution is -2.43. The van der Waals surface area contributed by atoms with Gasteiger partial charge in [0, 0.05) is 24.6 Å². The molecule has 0 radical (unpaired) electrons. The summed E-state index contributed by atoms with van der Waals surface area (Å²) in [6.07, 6.45) is -1.37. The van der Waals surface area contributed by atoms with Crippen LogP contribution in [0.2, 0.25) is 5.15 Å². The molecule has 0 aliphatic carbocycles. The fourth-order valence-electron chi connectivity index (χ4n) is 3.76. The van der Waals surface area contributed by atoms with Crippen LogP contribution in [0.15, 0.2) is 42.7 Å². The fraction of sp³-hybridized carbons (Fsp3) is 0.273. The van der Waals surface area contributed by atoms with Gasteiger partial charge in [-0.3, -0.25) is 14.3 Å². The number of alkyl halides is 3. The van der Waals surface area contributed by atoms with Crippen LogP contribution in [0.4, 0.5) is 24.5 Å². The van der Waals surface area contributed by atoms with E-state index in [-0.39, 0.29) is 17.3 Å². The summed E-state index contributed by atoms with van der Waals surface area (Å²) in [5.41, 5.74) is 3.73. The van der Waals surface area contributed by atoms with Gasteiger partial charge in [-0.15, -0.1) is 0 Å². The molecule has 0 saturated carbocycles. The molecule has 34 heavy (non-hydrogen) atoms. The number of carbonyl (C=O) groups is 1. The number of carbonyl (C=O) groups excluding carboxylic acids is 1. The molecule has 2 N–H and O–H groups in total. The Morgan fingerprint density at radius 2 is 1.91 bits per heavy atom. The van der Waals surface area contributed by atoms with E-state index in [0.717, 1.165) is 22.6 Å². The van der Waals surface area contributed by atoms with Gasteiger partial charge in [0.15, 0.2) is 5.11 Å². The zero-order valence-electron chi connectivity index (χ0n) is 18.4. The number of nitrogens with two attached hydrogens (primary N) is 1. The van der Waals surface area contributed by atoms with Crippen molar-refractivity contribution in [3.05, 3.63) is 64.8 Å². The van der Waals surface area contributed by atoms with Crippen molar-refractivity contribution < 1.29 is 18.0 Å². The van der Waals surface area contributed by atoms with Gasteiger partial charge in [-0.05, 0) is 62.8 Å². The third-order valence-corrected chi connectivity index (χ3v) is 6.26. The van der Waals surface area contributed by atoms with Crippen molar-refractivity contribution in [3.8, 4) is 5.82 Å². The predicted molar refractivity (Wildman–Crippen MR) is 127 cm³/mol. The van der Waals surface area contributed by atoms with Gasteiger partial charge >= 0.3 is 6.18 Å². The molecular formula is C22H20ClF3N6OS. The molecule has 0 unspecified atom stereocenters. The largest absolute Gasteiger partial charge is 0.418 e. The molecule has 4 rings (SSSR count). The second-order valence-electron chi connectivity index (χ2n) is 8.34. The van der Waals surface area contributed by atoms with Gasteiger partial charge in [-0.1, -0.05) is 17.7 Å². The first-order chi connectivity index (χ1) is 15.8. The van der Waals surface area contributed by atoms with Crippen molar-refractivity contribution in [3.63, 3.8) is 0 Å². The van der Waals surface area contributed by atoms with Crippen LogP contribution in [0.5, 0.6) is 0 Å². The summed E-state index contributed by atoms with van der Waals surface area (Å²) in [4.78, 5) is 24.6. The first kappa shape index (κ1) is 24.0. The number of thiocarbonyl (C=S) groups is 1. The number of rotatable bonds is 4. The Bertz CT molecular complexity index is 1290. The third-order valence-electron chi connectivity index (χ3n) is 5.67. The van der Waals surface area contributed by atoms with E-state index in [9.17, 15) is 18.0 Å². The Balaban J connectivity index is 1.62. The van der Waals surface area contributed by atoms with Gasteiger partial charge in [-0.2, -0.15) is 13.2 Å². The summed E-state index contributed by atoms with van der Waals surface area (Å²) in [5, 5.41) is 0.441. The minimum atomic E-state index is -4.66. The van der Waals surface area contributed by atoms with Crippen molar-refractivity contribution in [1.82, 2.24) is 19.4 Å². The van der Waals surface area contributed by atoms with Gasteiger partial charge in [0.1, 0.15) is 22.3 Å². The molecule has 7 nitrogen and oxygen atoms in total. The van der Waals surface area contributed by atoms with E-state index >= 15 is 0 Å². The second-order valence-corrected chi connectivity index (χ2v) is 9.10. The van der Waals surface area contributed by atoms with Gasteiger partial charge in [0.2, 0.25) is 0 Å². The Labute approximate surface area is 203 Å². The Hall–Kier alpha value is -3.18. The molecular weight excluding hydrogens is 489 g/mol. The number of aryl methyl sites for hydroxylation is 1. The van der Waals surface area contributed by atoms with Crippen LogP contribution in [-0.2, 0) is 17.5 Å². The average molecular weight is 509 g/mol. The van der Waals surface area contributed by atoms with Crippen molar-refractivity contribution in [2.24, 2.45) is 0 Å². The fourth-order valence-corrected chi connectivity index (χ4v) is 4.46. The highest BCUT2D eigenvalue weighted by molar-refractivity contribution is 7.80. The highest BCUT2D eigenvalue weighted by Crippen LogP contribution is 2.39. The summed E-state index contributed by atoms with van der Waals surface area (Å²) < 4.78 is 41.8. The Morgan fingerprint density at radius 1 is 1.21 bits per heavy atom. The zero-order chi connectivity index (χ0) is 25.0. The lowest BCUT2D eigenvalue weighted by Gasteiger charge is -2.29. The quantitative estimate of drug-likeness (QED) is 0.405. The number of benzene rings is 1. The van der Waals surface area contributed by atoms with Crippen molar-refractivity contribution in [1.29, 1.82) is 0 Å². The highest BCUT2D eigenvalue weighted by Gasteiger charge is 2.49. The van der Waals surface area contributed by atoms with E-state index in [0.29, 0.717) is 16.8 Å². The molecule has 0 spiro atoms. The van der Waals surface area contributed by atoms with Crippen LogP contribution < -0.4 is 10.6 Å². The Kier molecular flexibility index (Phi) is 5.81. The van der Waals surface area contributed by atoms with Gasteiger partial charge in [0.25, 0.3) is 5.91 Å². The number of anilines is 2. The number of imidazole rings is 1. The number of hydrogen-bond donors (Lipinski definition) is 1. The van der Waals surface area contributed by atoms with Crippen LogP contribution >= 0.6 is 23.8 Å². The van der Waals surface area contributed by atoms with E-state index in [1.165, 1.54) is 6.07 Å². The lowest BCUT2D eigenvalue weighted by molar-refractivity contribution is -0.137. The first-order valence-corrected chi connectivity index (χ1v) is 10.9. The van der Waals surface area contributed by atoms with E-state index in [4.69, 9.17) is 29.6 Å². The molecule has 1 fully saturated rings. The normalized spacial score (nSPS) is 16.0. The molecule has 12 heteroatoms. The van der Waals surface area contributed by atoms with E-state index in [1.54, 1.807) is 48.7 Å². The maximum absolute atomic E-state index is 13.4. The van der Waals surface area contributed by atoms with Crippen molar-refractivity contribution in [2.75, 3.05) is 10.6 Å². The Morgan fingerprint density at radius 3 is 2.47 bits per heavy atom. The minimum absolute atomic E-state index is 0.00744. The summed E-state index contributed by atoms with van der Waals surface area (Å²) >= 11 is 11.5. The van der Waals surface area contributed by atoms with E-state index < -0.39 is 28.9 Å². The number of amides is 1. The molecule has 1 aromatic carbocycles. The summed E-state index contributed by atoms with van der Waals surface area (Å²) in [7, 11) is 0. The lowest BCUT2D eigenvalue weighted by atomic mass is 10.0.